The van der Waals surface area contributed by atoms with E-state index in [1.807, 2.05) is 0 Å². The van der Waals surface area contributed by atoms with Crippen LogP contribution < -0.4 is 0 Å². The van der Waals surface area contributed by atoms with E-state index in [4.69, 9.17) is 5.10 Å². The Bertz CT molecular complexity index is 921. The van der Waals surface area contributed by atoms with Crippen LogP contribution in [0.25, 0.3) is 16.8 Å². The molecule has 2 heteroatoms. The molecule has 0 amide bonds. The van der Waals surface area contributed by atoms with Gasteiger partial charge in [0.05, 0.1) is 11.4 Å². The molecular weight excluding hydrogens is 376 g/mol. The van der Waals surface area contributed by atoms with E-state index in [1.54, 1.807) is 5.57 Å². The standard InChI is InChI=1S/C29H40N2/c1-5-22-15-17-24(18-16-22)20-31-29(25-12-8-7-9-13-25)27(28(30-31)21(3)4)26-14-10-11-23(6-2)19-26/h7-9,12-14,19,21-22,24H,5-6,10-11,15-18,20H2,1-4H3. The van der Waals surface area contributed by atoms with Crippen molar-refractivity contribution >= 4 is 5.57 Å². The molecule has 4 rings (SSSR count). The third kappa shape index (κ3) is 4.89. The molecule has 1 saturated carbocycles. The van der Waals surface area contributed by atoms with Crippen molar-refractivity contribution in [2.75, 3.05) is 0 Å². The Morgan fingerprint density at radius 3 is 2.35 bits per heavy atom. The summed E-state index contributed by atoms with van der Waals surface area (Å²) in [5.41, 5.74) is 8.25. The van der Waals surface area contributed by atoms with Crippen LogP contribution in [-0.2, 0) is 6.54 Å². The van der Waals surface area contributed by atoms with Gasteiger partial charge in [-0.25, -0.2) is 0 Å². The predicted molar refractivity (Wildman–Crippen MR) is 133 cm³/mol. The number of nitrogens with zero attached hydrogens (tertiary/aromatic N) is 2. The second-order valence-corrected chi connectivity index (χ2v) is 9.96. The van der Waals surface area contributed by atoms with Gasteiger partial charge in [0.25, 0.3) is 0 Å². The molecule has 0 radical (unpaired) electrons. The highest BCUT2D eigenvalue weighted by Crippen LogP contribution is 2.40. The van der Waals surface area contributed by atoms with E-state index in [0.717, 1.165) is 31.2 Å². The third-order valence-electron chi connectivity index (χ3n) is 7.48. The summed E-state index contributed by atoms with van der Waals surface area (Å²) < 4.78 is 2.38. The van der Waals surface area contributed by atoms with Crippen LogP contribution in [0.1, 0.15) is 96.2 Å². The second kappa shape index (κ2) is 10.0. The van der Waals surface area contributed by atoms with E-state index in [-0.39, 0.29) is 0 Å². The van der Waals surface area contributed by atoms with Gasteiger partial charge in [-0.3, -0.25) is 4.68 Å². The van der Waals surface area contributed by atoms with Crippen LogP contribution in [-0.4, -0.2) is 9.78 Å². The summed E-state index contributed by atoms with van der Waals surface area (Å²) in [6.07, 6.45) is 15.2. The molecule has 1 aromatic carbocycles. The number of hydrogen-bond acceptors (Lipinski definition) is 1. The van der Waals surface area contributed by atoms with Crippen LogP contribution in [0, 0.1) is 11.8 Å². The first-order valence-electron chi connectivity index (χ1n) is 12.7. The minimum atomic E-state index is 0.413. The van der Waals surface area contributed by atoms with Crippen molar-refractivity contribution in [2.45, 2.75) is 91.5 Å². The quantitative estimate of drug-likeness (QED) is 0.443. The van der Waals surface area contributed by atoms with Gasteiger partial charge in [0, 0.05) is 17.7 Å². The first kappa shape index (κ1) is 22.1. The molecule has 0 bridgehead atoms. The van der Waals surface area contributed by atoms with Crippen LogP contribution in [0.3, 0.4) is 0 Å². The molecular formula is C29H40N2. The van der Waals surface area contributed by atoms with Crippen LogP contribution >= 0.6 is 0 Å². The van der Waals surface area contributed by atoms with Crippen LogP contribution in [0.15, 0.2) is 48.1 Å². The van der Waals surface area contributed by atoms with Crippen molar-refractivity contribution in [1.29, 1.82) is 0 Å². The average Bonchev–Trinajstić information content (AvgIpc) is 3.19. The van der Waals surface area contributed by atoms with Gasteiger partial charge in [0.15, 0.2) is 0 Å². The lowest BCUT2D eigenvalue weighted by atomic mass is 9.81. The topological polar surface area (TPSA) is 17.8 Å². The predicted octanol–water partition coefficient (Wildman–Crippen LogP) is 8.40. The number of aromatic nitrogens is 2. The van der Waals surface area contributed by atoms with E-state index in [1.165, 1.54) is 66.6 Å². The maximum atomic E-state index is 5.29. The molecule has 166 valence electrons. The zero-order chi connectivity index (χ0) is 21.8. The monoisotopic (exact) mass is 416 g/mol. The molecule has 1 aromatic heterocycles. The molecule has 0 aliphatic heterocycles. The Morgan fingerprint density at radius 2 is 1.71 bits per heavy atom. The second-order valence-electron chi connectivity index (χ2n) is 9.96. The molecule has 2 aliphatic carbocycles. The Morgan fingerprint density at radius 1 is 1.00 bits per heavy atom. The number of benzene rings is 1. The van der Waals surface area contributed by atoms with Gasteiger partial charge in [-0.2, -0.15) is 5.10 Å². The normalized spacial score (nSPS) is 21.8. The molecule has 0 spiro atoms. The maximum absolute atomic E-state index is 5.29. The molecule has 2 aliphatic rings. The molecule has 1 heterocycles. The highest BCUT2D eigenvalue weighted by atomic mass is 15.3. The Labute approximate surface area is 189 Å². The Kier molecular flexibility index (Phi) is 7.15. The summed E-state index contributed by atoms with van der Waals surface area (Å²) in [7, 11) is 0. The smallest absolute Gasteiger partial charge is 0.0763 e. The summed E-state index contributed by atoms with van der Waals surface area (Å²) in [6.45, 7) is 10.3. The van der Waals surface area contributed by atoms with Gasteiger partial charge in [-0.1, -0.05) is 95.0 Å². The molecule has 31 heavy (non-hydrogen) atoms. The minimum absolute atomic E-state index is 0.413. The van der Waals surface area contributed by atoms with Gasteiger partial charge in [0.1, 0.15) is 0 Å². The molecule has 2 aromatic rings. The van der Waals surface area contributed by atoms with Crippen molar-refractivity contribution in [1.82, 2.24) is 9.78 Å². The van der Waals surface area contributed by atoms with Gasteiger partial charge in [-0.05, 0) is 55.4 Å². The van der Waals surface area contributed by atoms with Gasteiger partial charge >= 0.3 is 0 Å². The van der Waals surface area contributed by atoms with Crippen molar-refractivity contribution in [3.05, 3.63) is 59.3 Å². The van der Waals surface area contributed by atoms with Crippen LogP contribution in [0.2, 0.25) is 0 Å². The third-order valence-corrected chi connectivity index (χ3v) is 7.48. The number of allylic oxidation sites excluding steroid dienone is 4. The van der Waals surface area contributed by atoms with Gasteiger partial charge in [0.2, 0.25) is 0 Å². The van der Waals surface area contributed by atoms with Crippen LogP contribution in [0.5, 0.6) is 0 Å². The summed E-state index contributed by atoms with van der Waals surface area (Å²) in [5.74, 6) is 2.10. The molecule has 0 N–H and O–H groups in total. The van der Waals surface area contributed by atoms with E-state index >= 15 is 0 Å². The summed E-state index contributed by atoms with van der Waals surface area (Å²) in [5, 5.41) is 5.29. The summed E-state index contributed by atoms with van der Waals surface area (Å²) in [6, 6.07) is 11.0. The Balaban J connectivity index is 1.78. The number of hydrogen-bond donors (Lipinski definition) is 0. The summed E-state index contributed by atoms with van der Waals surface area (Å²) >= 11 is 0. The van der Waals surface area contributed by atoms with Crippen molar-refractivity contribution in [3.63, 3.8) is 0 Å². The lowest BCUT2D eigenvalue weighted by Gasteiger charge is -2.28. The zero-order valence-corrected chi connectivity index (χ0v) is 20.0. The van der Waals surface area contributed by atoms with E-state index in [2.05, 4.69) is 74.9 Å². The molecule has 1 fully saturated rings. The lowest BCUT2D eigenvalue weighted by Crippen LogP contribution is -2.20. The minimum Gasteiger partial charge on any atom is -0.264 e. The first-order valence-corrected chi connectivity index (χ1v) is 12.7. The van der Waals surface area contributed by atoms with E-state index < -0.39 is 0 Å². The van der Waals surface area contributed by atoms with Crippen molar-refractivity contribution in [3.8, 4) is 11.3 Å². The lowest BCUT2D eigenvalue weighted by molar-refractivity contribution is 0.242. The van der Waals surface area contributed by atoms with Gasteiger partial charge in [-0.15, -0.1) is 0 Å². The fourth-order valence-corrected chi connectivity index (χ4v) is 5.47. The largest absolute Gasteiger partial charge is 0.264 e. The van der Waals surface area contributed by atoms with Crippen molar-refractivity contribution < 1.29 is 0 Å². The van der Waals surface area contributed by atoms with E-state index in [0.29, 0.717) is 5.92 Å². The zero-order valence-electron chi connectivity index (χ0n) is 20.0. The molecule has 2 nitrogen and oxygen atoms in total. The summed E-state index contributed by atoms with van der Waals surface area (Å²) in [4.78, 5) is 0. The van der Waals surface area contributed by atoms with Crippen molar-refractivity contribution in [2.24, 2.45) is 11.8 Å². The molecule has 0 unspecified atom stereocenters. The SMILES string of the molecule is CCC1=CC(c2c(C(C)C)nn(CC3CCC(CC)CC3)c2-c2ccccc2)=CCC1. The average molecular weight is 417 g/mol. The van der Waals surface area contributed by atoms with Crippen LogP contribution in [0.4, 0.5) is 0 Å². The maximum Gasteiger partial charge on any atom is 0.0763 e. The van der Waals surface area contributed by atoms with Gasteiger partial charge < -0.3 is 0 Å². The Hall–Kier alpha value is -2.09. The fraction of sp³-hybridized carbons (Fsp3) is 0.552. The highest BCUT2D eigenvalue weighted by Gasteiger charge is 2.27. The number of rotatable bonds is 7. The highest BCUT2D eigenvalue weighted by molar-refractivity contribution is 5.86. The molecule has 0 saturated heterocycles. The fourth-order valence-electron chi connectivity index (χ4n) is 5.47. The first-order chi connectivity index (χ1) is 15.1. The van der Waals surface area contributed by atoms with E-state index in [9.17, 15) is 0 Å². The molecule has 0 atom stereocenters.